The second-order valence-corrected chi connectivity index (χ2v) is 9.02. The summed E-state index contributed by atoms with van der Waals surface area (Å²) >= 11 is 3.53. The number of piperidine rings is 1. The number of amides is 1. The molecule has 2 aromatic carbocycles. The Hall–Kier alpha value is -2.73. The Morgan fingerprint density at radius 1 is 0.871 bits per heavy atom. The first kappa shape index (κ1) is 20.2. The number of aromatic nitrogens is 2. The fourth-order valence-electron chi connectivity index (χ4n) is 4.46. The monoisotopic (exact) mass is 476 g/mol. The molecule has 3 aromatic rings. The van der Waals surface area contributed by atoms with Gasteiger partial charge in [-0.15, -0.1) is 0 Å². The minimum absolute atomic E-state index is 0.0508. The summed E-state index contributed by atoms with van der Waals surface area (Å²) in [5.41, 5.74) is 3.92. The van der Waals surface area contributed by atoms with Gasteiger partial charge in [-0.25, -0.2) is 9.97 Å². The molecule has 1 saturated heterocycles. The molecule has 2 aliphatic rings. The highest BCUT2D eigenvalue weighted by Crippen LogP contribution is 2.32. The normalized spacial score (nSPS) is 16.2. The molecule has 0 spiro atoms. The molecule has 1 amide bonds. The molecule has 0 atom stereocenters. The van der Waals surface area contributed by atoms with Crippen molar-refractivity contribution in [2.24, 2.45) is 0 Å². The van der Waals surface area contributed by atoms with E-state index in [1.54, 1.807) is 0 Å². The Labute approximate surface area is 191 Å². The van der Waals surface area contributed by atoms with Crippen LogP contribution in [-0.4, -0.2) is 40.4 Å². The number of rotatable bonds is 3. The molecule has 1 aromatic heterocycles. The van der Waals surface area contributed by atoms with Crippen LogP contribution >= 0.6 is 15.9 Å². The lowest BCUT2D eigenvalue weighted by Crippen LogP contribution is -2.39. The van der Waals surface area contributed by atoms with Gasteiger partial charge in [0.25, 0.3) is 5.91 Å². The first-order chi connectivity index (χ1) is 15.2. The number of hydrogen-bond acceptors (Lipinski definition) is 4. The zero-order chi connectivity index (χ0) is 21.2. The number of benzene rings is 2. The molecular weight excluding hydrogens is 452 g/mol. The van der Waals surface area contributed by atoms with Gasteiger partial charge in [0.15, 0.2) is 5.82 Å². The van der Waals surface area contributed by atoms with Gasteiger partial charge in [0.1, 0.15) is 5.82 Å². The summed E-state index contributed by atoms with van der Waals surface area (Å²) in [6.45, 7) is 3.24. The smallest absolute Gasteiger partial charge is 0.255 e. The molecule has 0 unspecified atom stereocenters. The number of carbonyl (C=O) groups excluding carboxylic acids is 1. The van der Waals surface area contributed by atoms with Crippen LogP contribution in [0.15, 0.2) is 59.1 Å². The fourth-order valence-corrected chi connectivity index (χ4v) is 4.91. The van der Waals surface area contributed by atoms with E-state index >= 15 is 0 Å². The van der Waals surface area contributed by atoms with Gasteiger partial charge >= 0.3 is 0 Å². The predicted octanol–water partition coefficient (Wildman–Crippen LogP) is 5.09. The van der Waals surface area contributed by atoms with E-state index in [1.165, 1.54) is 19.3 Å². The highest BCUT2D eigenvalue weighted by Gasteiger charge is 2.29. The van der Waals surface area contributed by atoms with Gasteiger partial charge in [-0.2, -0.15) is 0 Å². The predicted molar refractivity (Wildman–Crippen MR) is 126 cm³/mol. The van der Waals surface area contributed by atoms with Crippen LogP contribution in [0.4, 0.5) is 5.82 Å². The van der Waals surface area contributed by atoms with E-state index in [4.69, 9.17) is 9.97 Å². The van der Waals surface area contributed by atoms with Crippen molar-refractivity contribution in [2.45, 2.75) is 32.2 Å². The first-order valence-electron chi connectivity index (χ1n) is 10.9. The Kier molecular flexibility index (Phi) is 5.72. The van der Waals surface area contributed by atoms with Gasteiger partial charge in [0, 0.05) is 41.7 Å². The van der Waals surface area contributed by atoms with E-state index in [1.807, 2.05) is 47.4 Å². The summed E-state index contributed by atoms with van der Waals surface area (Å²) in [5, 5.41) is 0. The van der Waals surface area contributed by atoms with Crippen molar-refractivity contribution in [1.29, 1.82) is 0 Å². The fraction of sp³-hybridized carbons (Fsp3) is 0.320. The number of halogens is 1. The summed E-state index contributed by atoms with van der Waals surface area (Å²) < 4.78 is 0.831. The molecule has 3 heterocycles. The zero-order valence-corrected chi connectivity index (χ0v) is 19.0. The number of nitrogens with zero attached hydrogens (tertiary/aromatic N) is 4. The Balaban J connectivity index is 1.53. The molecule has 6 heteroatoms. The van der Waals surface area contributed by atoms with E-state index < -0.39 is 0 Å². The quantitative estimate of drug-likeness (QED) is 0.527. The molecule has 0 saturated carbocycles. The van der Waals surface area contributed by atoms with Gasteiger partial charge in [0.05, 0.1) is 17.8 Å². The highest BCUT2D eigenvalue weighted by atomic mass is 79.9. The number of carbonyl (C=O) groups is 1. The van der Waals surface area contributed by atoms with E-state index in [-0.39, 0.29) is 5.91 Å². The van der Waals surface area contributed by atoms with Gasteiger partial charge in [-0.3, -0.25) is 4.79 Å². The van der Waals surface area contributed by atoms with Gasteiger partial charge < -0.3 is 9.80 Å². The van der Waals surface area contributed by atoms with Gasteiger partial charge in [-0.1, -0.05) is 42.5 Å². The topological polar surface area (TPSA) is 49.3 Å². The third kappa shape index (κ3) is 4.09. The molecule has 5 nitrogen and oxygen atoms in total. The molecule has 2 aliphatic heterocycles. The molecule has 5 rings (SSSR count). The standard InChI is InChI=1S/C25H25BrN4O/c26-21-12-6-5-11-19(21)25(31)30-16-13-22-20(17-30)24(29-14-7-2-8-15-29)28-23(27-22)18-9-3-1-4-10-18/h1,3-6,9-12H,2,7-8,13-17H2. The zero-order valence-electron chi connectivity index (χ0n) is 17.4. The molecule has 0 aliphatic carbocycles. The number of anilines is 1. The average molecular weight is 477 g/mol. The van der Waals surface area contributed by atoms with Crippen LogP contribution in [-0.2, 0) is 13.0 Å². The van der Waals surface area contributed by atoms with Gasteiger partial charge in [-0.05, 0) is 47.3 Å². The average Bonchev–Trinajstić information content (AvgIpc) is 2.84. The highest BCUT2D eigenvalue weighted by molar-refractivity contribution is 9.10. The van der Waals surface area contributed by atoms with Crippen LogP contribution in [0.2, 0.25) is 0 Å². The van der Waals surface area contributed by atoms with Crippen molar-refractivity contribution in [3.63, 3.8) is 0 Å². The summed E-state index contributed by atoms with van der Waals surface area (Å²) in [6.07, 6.45) is 4.37. The summed E-state index contributed by atoms with van der Waals surface area (Å²) in [4.78, 5) is 27.5. The lowest BCUT2D eigenvalue weighted by molar-refractivity contribution is 0.0732. The van der Waals surface area contributed by atoms with Crippen LogP contribution in [0.1, 0.15) is 40.9 Å². The third-order valence-corrected chi connectivity index (χ3v) is 6.81. The third-order valence-electron chi connectivity index (χ3n) is 6.12. The largest absolute Gasteiger partial charge is 0.356 e. The summed E-state index contributed by atoms with van der Waals surface area (Å²) in [7, 11) is 0. The van der Waals surface area contributed by atoms with Crippen molar-refractivity contribution in [2.75, 3.05) is 24.5 Å². The van der Waals surface area contributed by atoms with E-state index in [2.05, 4.69) is 33.0 Å². The van der Waals surface area contributed by atoms with Crippen LogP contribution < -0.4 is 4.90 Å². The minimum Gasteiger partial charge on any atom is -0.356 e. The maximum atomic E-state index is 13.2. The van der Waals surface area contributed by atoms with Crippen molar-refractivity contribution >= 4 is 27.7 Å². The van der Waals surface area contributed by atoms with Crippen LogP contribution in [0.5, 0.6) is 0 Å². The molecular formula is C25H25BrN4O. The van der Waals surface area contributed by atoms with Gasteiger partial charge in [0.2, 0.25) is 0 Å². The minimum atomic E-state index is 0.0508. The molecule has 1 fully saturated rings. The van der Waals surface area contributed by atoms with Crippen molar-refractivity contribution in [3.05, 3.63) is 75.9 Å². The summed E-state index contributed by atoms with van der Waals surface area (Å²) in [6, 6.07) is 17.8. The van der Waals surface area contributed by atoms with Crippen LogP contribution in [0.25, 0.3) is 11.4 Å². The first-order valence-corrected chi connectivity index (χ1v) is 11.7. The molecule has 0 bridgehead atoms. The molecule has 0 N–H and O–H groups in total. The molecule has 158 valence electrons. The number of hydrogen-bond donors (Lipinski definition) is 0. The van der Waals surface area contributed by atoms with Crippen molar-refractivity contribution in [1.82, 2.24) is 14.9 Å². The van der Waals surface area contributed by atoms with Crippen LogP contribution in [0, 0.1) is 0 Å². The maximum Gasteiger partial charge on any atom is 0.255 e. The van der Waals surface area contributed by atoms with Crippen molar-refractivity contribution in [3.8, 4) is 11.4 Å². The Morgan fingerprint density at radius 2 is 1.61 bits per heavy atom. The van der Waals surface area contributed by atoms with Crippen molar-refractivity contribution < 1.29 is 4.79 Å². The number of fused-ring (bicyclic) bond motifs is 1. The van der Waals surface area contributed by atoms with E-state index in [9.17, 15) is 4.79 Å². The van der Waals surface area contributed by atoms with E-state index in [0.29, 0.717) is 18.7 Å². The maximum absolute atomic E-state index is 13.2. The lowest BCUT2D eigenvalue weighted by atomic mass is 10.0. The summed E-state index contributed by atoms with van der Waals surface area (Å²) in [5.74, 6) is 1.84. The lowest BCUT2D eigenvalue weighted by Gasteiger charge is -2.34. The van der Waals surface area contributed by atoms with E-state index in [0.717, 1.165) is 52.4 Å². The molecule has 0 radical (unpaired) electrons. The Morgan fingerprint density at radius 3 is 2.39 bits per heavy atom. The SMILES string of the molecule is O=C(c1ccccc1Br)N1CCc2nc(-c3ccccc3)nc(N3CCCCC3)c2C1. The Bertz CT molecular complexity index is 1100. The van der Waals surface area contributed by atoms with Crippen LogP contribution in [0.3, 0.4) is 0 Å². The second-order valence-electron chi connectivity index (χ2n) is 8.17. The second kappa shape index (κ2) is 8.79. The molecule has 31 heavy (non-hydrogen) atoms.